The lowest BCUT2D eigenvalue weighted by atomic mass is 8.38. The summed E-state index contributed by atoms with van der Waals surface area (Å²) in [6, 6.07) is 10.3. The summed E-state index contributed by atoms with van der Waals surface area (Å²) in [4.78, 5) is 47.6. The summed E-state index contributed by atoms with van der Waals surface area (Å²) in [6.45, 7) is 6.85. The standard InChI is InChI=1S/C20H22F2N4O3.C13H20N4O2.B21/c1-2-29-20(28)26-10-7-14(8-11-26)24-18-17(4-3-9-23-18)25-19(27)13-5-6-15(21)16(22)12-13;1-2-19-13(18)17-8-5-10(6-9-17)16-12-11(14)4-3-7-15-12;1-12-18(13(2)3)21(19(14(4)5)15(6)7)20(16(8)9)17(10)11/h3-6,9,12,14H,2,7-8,10-11H2,1H3,(H,23,24)(H,25,27);3-4,7,10H,2,5-6,8-9,14H2,1H3,(H,15,16);. The predicted molar refractivity (Wildman–Crippen MR) is 299 cm³/mol. The molecule has 2 saturated heterocycles. The van der Waals surface area contributed by atoms with Crippen LogP contribution in [0.1, 0.15) is 49.9 Å². The van der Waals surface area contributed by atoms with Crippen LogP contribution in [0.5, 0.6) is 0 Å². The first-order valence-corrected chi connectivity index (χ1v) is 22.6. The first kappa shape index (κ1) is 59.5. The van der Waals surface area contributed by atoms with Crippen molar-refractivity contribution in [2.24, 2.45) is 0 Å². The Hall–Kier alpha value is -3.85. The molecule has 2 aliphatic heterocycles. The number of nitrogen functional groups attached to an aromatic ring is 1. The second kappa shape index (κ2) is 30.1. The maximum Gasteiger partial charge on any atom is 0.409 e. The zero-order valence-electron chi connectivity index (χ0n) is 39.2. The van der Waals surface area contributed by atoms with E-state index < -0.39 is 75.0 Å². The lowest BCUT2D eigenvalue weighted by Crippen LogP contribution is -2.81. The molecular weight excluding hydrogens is 853 g/mol. The molecule has 3 aromatic rings. The van der Waals surface area contributed by atoms with Crippen LogP contribution in [0.4, 0.5) is 41.4 Å². The number of pyridine rings is 2. The van der Waals surface area contributed by atoms with E-state index in [4.69, 9.17) is 100 Å². The molecule has 4 heterocycles. The smallest absolute Gasteiger partial charge is 0.409 e. The second-order valence-corrected chi connectivity index (χ2v) is 16.5. The quantitative estimate of drug-likeness (QED) is 0.105. The number of hydrogen-bond acceptors (Lipinski definition) is 10. The van der Waals surface area contributed by atoms with E-state index in [0.29, 0.717) is 75.5 Å². The van der Waals surface area contributed by atoms with Gasteiger partial charge in [-0.15, -0.1) is 0 Å². The summed E-state index contributed by atoms with van der Waals surface area (Å²) in [5.41, 5.74) is 6.92. The van der Waals surface area contributed by atoms with Crippen LogP contribution in [0.3, 0.4) is 0 Å². The average Bonchev–Trinajstić information content (AvgIpc) is 3.29. The number of hydrogen-bond donors (Lipinski definition) is 4. The molecule has 0 unspecified atom stereocenters. The summed E-state index contributed by atoms with van der Waals surface area (Å²) in [6.07, 6.45) is -0.876. The molecule has 3 amide bonds. The monoisotopic (exact) mass is 900 g/mol. The molecule has 2 aromatic heterocycles. The van der Waals surface area contributed by atoms with Gasteiger partial charge in [0.2, 0.25) is 0 Å². The maximum absolute atomic E-state index is 13.4. The van der Waals surface area contributed by atoms with Crippen molar-refractivity contribution >= 4 is 191 Å². The van der Waals surface area contributed by atoms with Gasteiger partial charge in [-0.1, -0.05) is 0 Å². The van der Waals surface area contributed by atoms with Crippen LogP contribution in [0.2, 0.25) is 0 Å². The molecule has 0 atom stereocenters. The lowest BCUT2D eigenvalue weighted by Gasteiger charge is -2.43. The molecule has 0 aliphatic carbocycles. The number of nitrogens with zero attached hydrogens (tertiary/aromatic N) is 4. The van der Waals surface area contributed by atoms with Crippen molar-refractivity contribution < 1.29 is 32.6 Å². The topological polar surface area (TPSA) is 164 Å². The number of anilines is 4. The highest BCUT2D eigenvalue weighted by Crippen LogP contribution is 2.24. The van der Waals surface area contributed by atoms with Crippen molar-refractivity contribution in [3.05, 3.63) is 72.1 Å². The van der Waals surface area contributed by atoms with Crippen LogP contribution >= 0.6 is 0 Å². The number of amides is 3. The summed E-state index contributed by atoms with van der Waals surface area (Å²) in [5.74, 6) is -1.48. The fourth-order valence-corrected chi connectivity index (χ4v) is 8.04. The number of aromatic nitrogens is 2. The van der Waals surface area contributed by atoms with Gasteiger partial charge >= 0.3 is 12.2 Å². The van der Waals surface area contributed by atoms with Crippen LogP contribution in [0.15, 0.2) is 54.9 Å². The first-order chi connectivity index (χ1) is 32.7. The highest BCUT2D eigenvalue weighted by Gasteiger charge is 2.45. The minimum absolute atomic E-state index is 0.00134. The third-order valence-corrected chi connectivity index (χ3v) is 11.6. The average molecular weight is 896 g/mol. The van der Waals surface area contributed by atoms with Crippen LogP contribution in [-0.2, 0) is 9.47 Å². The number of benzene rings is 1. The Morgan fingerprint density at radius 3 is 1.54 bits per heavy atom. The van der Waals surface area contributed by atoms with E-state index in [0.717, 1.165) is 30.8 Å². The van der Waals surface area contributed by atoms with Crippen LogP contribution in [0, 0.1) is 11.6 Å². The first-order valence-electron chi connectivity index (χ1n) is 22.6. The summed E-state index contributed by atoms with van der Waals surface area (Å²) >= 11 is 0. The summed E-state index contributed by atoms with van der Waals surface area (Å²) in [7, 11) is 64.8. The number of carbonyl (C=O) groups is 3. The van der Waals surface area contributed by atoms with Gasteiger partial charge in [-0.2, -0.15) is 0 Å². The van der Waals surface area contributed by atoms with Gasteiger partial charge in [0, 0.05) is 206 Å². The third kappa shape index (κ3) is 18.7. The fourth-order valence-electron chi connectivity index (χ4n) is 8.04. The van der Waals surface area contributed by atoms with Crippen molar-refractivity contribution in [3.63, 3.8) is 0 Å². The Kier molecular flexibility index (Phi) is 26.0. The van der Waals surface area contributed by atoms with E-state index in [1.807, 2.05) is 19.1 Å². The van der Waals surface area contributed by atoms with Crippen molar-refractivity contribution in [2.75, 3.05) is 61.1 Å². The lowest BCUT2D eigenvalue weighted by molar-refractivity contribution is 0.0975. The molecule has 2 fully saturated rings. The Bertz CT molecular complexity index is 2020. The van der Waals surface area contributed by atoms with Crippen LogP contribution < -0.4 is 21.7 Å². The van der Waals surface area contributed by atoms with E-state index in [-0.39, 0.29) is 23.8 Å². The predicted octanol–water partition coefficient (Wildman–Crippen LogP) is -2.66. The van der Waals surface area contributed by atoms with E-state index in [1.54, 1.807) is 41.2 Å². The SMILES string of the molecule is CCOC(=O)N1CCC(Nc2ncccc2N)CC1.CCOC(=O)N1CCC(Nc2ncccc2NC(=O)c2ccc(F)c(F)c2)CC1.[B][B]B(B([B])[B])B(B(B([B])[B])B([B])[B])B(B([B])[B])B([B])[B]. The van der Waals surface area contributed by atoms with Crippen LogP contribution in [0.25, 0.3) is 0 Å². The molecule has 0 saturated carbocycles. The number of ether oxygens (including phenoxy) is 2. The molecule has 13 nitrogen and oxygen atoms in total. The van der Waals surface area contributed by atoms with Gasteiger partial charge in [-0.05, 0) is 82.0 Å². The number of likely N-dealkylation sites (tertiary alicyclic amines) is 2. The van der Waals surface area contributed by atoms with Gasteiger partial charge in [-0.3, -0.25) is 4.79 Å². The number of carbonyl (C=O) groups excluding carboxylic acids is 3. The number of nitrogens with one attached hydrogen (secondary N) is 3. The number of piperidine rings is 2. The van der Waals surface area contributed by atoms with Crippen molar-refractivity contribution in [3.8, 4) is 0 Å². The highest BCUT2D eigenvalue weighted by atomic mass is 19.2. The normalized spacial score (nSPS) is 13.3. The highest BCUT2D eigenvalue weighted by molar-refractivity contribution is 8.20. The summed E-state index contributed by atoms with van der Waals surface area (Å²) < 4.78 is 36.5. The Morgan fingerprint density at radius 2 is 1.13 bits per heavy atom. The molecule has 321 valence electrons. The molecule has 23 radical (unpaired) electrons. The van der Waals surface area contributed by atoms with E-state index in [2.05, 4.69) is 25.9 Å². The van der Waals surface area contributed by atoms with E-state index in [9.17, 15) is 23.2 Å². The van der Waals surface area contributed by atoms with Crippen molar-refractivity contribution in [1.82, 2.24) is 19.8 Å². The van der Waals surface area contributed by atoms with Crippen LogP contribution in [-0.4, -0.2) is 239 Å². The third-order valence-electron chi connectivity index (χ3n) is 11.6. The van der Waals surface area contributed by atoms with Gasteiger partial charge in [0.05, 0.1) is 24.6 Å². The zero-order chi connectivity index (χ0) is 51.4. The molecular formula is C33H42B21F2N8O5. The minimum Gasteiger partial charge on any atom is -0.450 e. The molecule has 5 rings (SSSR count). The van der Waals surface area contributed by atoms with Crippen molar-refractivity contribution in [2.45, 2.75) is 51.6 Å². The Morgan fingerprint density at radius 1 is 0.681 bits per heavy atom. The van der Waals surface area contributed by atoms with Gasteiger partial charge in [0.15, 0.2) is 11.6 Å². The summed E-state index contributed by atoms with van der Waals surface area (Å²) in [5, 5.41) is 9.27. The van der Waals surface area contributed by atoms with E-state index in [1.165, 1.54) is 13.1 Å². The number of halogens is 2. The van der Waals surface area contributed by atoms with Crippen molar-refractivity contribution in [1.29, 1.82) is 0 Å². The Balaban J connectivity index is 0.000000283. The molecule has 2 aliphatic rings. The van der Waals surface area contributed by atoms with Gasteiger partial charge < -0.3 is 41.0 Å². The number of nitrogens with two attached hydrogens (primary N) is 1. The molecule has 0 bridgehead atoms. The molecule has 36 heteroatoms. The second-order valence-electron chi connectivity index (χ2n) is 16.5. The fraction of sp³-hybridized carbons (Fsp3) is 0.424. The zero-order valence-corrected chi connectivity index (χ0v) is 39.2. The van der Waals surface area contributed by atoms with Gasteiger partial charge in [-0.25, -0.2) is 28.3 Å². The molecule has 5 N–H and O–H groups in total. The number of rotatable bonds is 17. The minimum atomic E-state index is -1.09. The largest absolute Gasteiger partial charge is 0.450 e. The van der Waals surface area contributed by atoms with E-state index >= 15 is 0 Å². The maximum atomic E-state index is 13.4. The molecule has 69 heavy (non-hydrogen) atoms. The molecule has 1 aromatic carbocycles. The molecule has 0 spiro atoms. The Labute approximate surface area is 425 Å². The van der Waals surface area contributed by atoms with Gasteiger partial charge in [0.1, 0.15) is 11.6 Å². The van der Waals surface area contributed by atoms with Gasteiger partial charge in [0.25, 0.3) is 5.91 Å².